The van der Waals surface area contributed by atoms with Crippen LogP contribution in [-0.2, 0) is 14.6 Å². The molecule has 1 amide bonds. The highest BCUT2D eigenvalue weighted by molar-refractivity contribution is 7.90. The molecule has 20 heavy (non-hydrogen) atoms. The molecular weight excluding hydrogens is 278 g/mol. The first-order chi connectivity index (χ1) is 9.31. The van der Waals surface area contributed by atoms with Gasteiger partial charge < -0.3 is 10.1 Å². The highest BCUT2D eigenvalue weighted by Gasteiger charge is 2.12. The Labute approximate surface area is 120 Å². The minimum atomic E-state index is -3.11. The van der Waals surface area contributed by atoms with Crippen molar-refractivity contribution in [1.82, 2.24) is 5.32 Å². The fraction of sp³-hybridized carbons (Fsp3) is 0.500. The van der Waals surface area contributed by atoms with Gasteiger partial charge in [0, 0.05) is 12.7 Å². The molecule has 1 N–H and O–H groups in total. The molecule has 0 aliphatic carbocycles. The van der Waals surface area contributed by atoms with E-state index in [0.29, 0.717) is 6.61 Å². The van der Waals surface area contributed by atoms with E-state index in [1.165, 1.54) is 0 Å². The number of hydrogen-bond acceptors (Lipinski definition) is 4. The van der Waals surface area contributed by atoms with E-state index < -0.39 is 9.84 Å². The molecule has 0 aromatic heterocycles. The number of carbonyl (C=O) groups is 1. The van der Waals surface area contributed by atoms with Crippen LogP contribution in [0.5, 0.6) is 5.75 Å². The summed E-state index contributed by atoms with van der Waals surface area (Å²) in [7, 11) is -3.11. The first-order valence-corrected chi connectivity index (χ1v) is 8.57. The van der Waals surface area contributed by atoms with Gasteiger partial charge in [0.15, 0.2) is 0 Å². The molecule has 0 aliphatic rings. The van der Waals surface area contributed by atoms with E-state index in [4.69, 9.17) is 4.74 Å². The molecule has 0 saturated carbocycles. The van der Waals surface area contributed by atoms with E-state index in [-0.39, 0.29) is 24.1 Å². The summed E-state index contributed by atoms with van der Waals surface area (Å²) in [5.74, 6) is 0.344. The van der Waals surface area contributed by atoms with Crippen LogP contribution < -0.4 is 10.1 Å². The normalized spacial score (nSPS) is 12.8. The Hall–Kier alpha value is -1.56. The minimum Gasteiger partial charge on any atom is -0.494 e. The van der Waals surface area contributed by atoms with E-state index in [0.717, 1.165) is 17.6 Å². The molecule has 1 atom stereocenters. The first-order valence-electron chi connectivity index (χ1n) is 6.51. The lowest BCUT2D eigenvalue weighted by Crippen LogP contribution is -2.28. The summed E-state index contributed by atoms with van der Waals surface area (Å²) in [5.41, 5.74) is 0.920. The zero-order valence-electron chi connectivity index (χ0n) is 12.0. The Morgan fingerprint density at radius 3 is 2.70 bits per heavy atom. The zero-order chi connectivity index (χ0) is 15.2. The number of benzene rings is 1. The third-order valence-electron chi connectivity index (χ3n) is 2.75. The smallest absolute Gasteiger partial charge is 0.221 e. The maximum Gasteiger partial charge on any atom is 0.221 e. The van der Waals surface area contributed by atoms with E-state index in [1.807, 2.05) is 38.1 Å². The lowest BCUT2D eigenvalue weighted by Gasteiger charge is -2.15. The maximum atomic E-state index is 11.7. The molecule has 0 heterocycles. The van der Waals surface area contributed by atoms with Gasteiger partial charge in [-0.05, 0) is 31.5 Å². The third-order valence-corrected chi connectivity index (χ3v) is 3.69. The Bertz CT molecular complexity index is 554. The molecule has 1 unspecified atom stereocenters. The molecule has 112 valence electrons. The molecule has 0 radical (unpaired) electrons. The van der Waals surface area contributed by atoms with Crippen LogP contribution in [0.1, 0.15) is 31.9 Å². The summed E-state index contributed by atoms with van der Waals surface area (Å²) >= 11 is 0. The predicted octanol–water partition coefficient (Wildman–Crippen LogP) is 1.70. The monoisotopic (exact) mass is 299 g/mol. The van der Waals surface area contributed by atoms with Gasteiger partial charge in [-0.1, -0.05) is 12.1 Å². The van der Waals surface area contributed by atoms with E-state index >= 15 is 0 Å². The number of rotatable bonds is 7. The molecule has 1 aromatic rings. The summed E-state index contributed by atoms with van der Waals surface area (Å²) in [6, 6.07) is 7.28. The molecule has 1 aromatic carbocycles. The SMILES string of the molecule is CCOc1cccc(C(C)NC(=O)CCS(C)(=O)=O)c1. The Kier molecular flexibility index (Phi) is 6.01. The Morgan fingerprint density at radius 2 is 2.10 bits per heavy atom. The fourth-order valence-electron chi connectivity index (χ4n) is 1.72. The fourth-order valence-corrected chi connectivity index (χ4v) is 2.27. The summed E-state index contributed by atoms with van der Waals surface area (Å²) in [6.07, 6.45) is 1.10. The lowest BCUT2D eigenvalue weighted by molar-refractivity contribution is -0.121. The lowest BCUT2D eigenvalue weighted by atomic mass is 10.1. The molecule has 0 saturated heterocycles. The average molecular weight is 299 g/mol. The van der Waals surface area contributed by atoms with Crippen LogP contribution in [0.15, 0.2) is 24.3 Å². The van der Waals surface area contributed by atoms with Crippen molar-refractivity contribution in [2.75, 3.05) is 18.6 Å². The van der Waals surface area contributed by atoms with Gasteiger partial charge in [0.05, 0.1) is 18.4 Å². The Balaban J connectivity index is 2.59. The quantitative estimate of drug-likeness (QED) is 0.831. The highest BCUT2D eigenvalue weighted by Crippen LogP contribution is 2.19. The molecule has 1 rings (SSSR count). The molecule has 6 heteroatoms. The average Bonchev–Trinajstić information content (AvgIpc) is 2.36. The second kappa shape index (κ2) is 7.28. The van der Waals surface area contributed by atoms with Crippen LogP contribution in [0.2, 0.25) is 0 Å². The second-order valence-electron chi connectivity index (χ2n) is 4.67. The number of hydrogen-bond donors (Lipinski definition) is 1. The van der Waals surface area contributed by atoms with Crippen LogP contribution >= 0.6 is 0 Å². The maximum absolute atomic E-state index is 11.7. The van der Waals surface area contributed by atoms with Crippen molar-refractivity contribution in [2.24, 2.45) is 0 Å². The van der Waals surface area contributed by atoms with Gasteiger partial charge in [-0.3, -0.25) is 4.79 Å². The number of nitrogens with one attached hydrogen (secondary N) is 1. The standard InChI is InChI=1S/C14H21NO4S/c1-4-19-13-7-5-6-12(10-13)11(2)15-14(16)8-9-20(3,17)18/h5-7,10-11H,4,8-9H2,1-3H3,(H,15,16). The summed E-state index contributed by atoms with van der Waals surface area (Å²) in [5, 5.41) is 2.78. The largest absolute Gasteiger partial charge is 0.494 e. The Morgan fingerprint density at radius 1 is 1.40 bits per heavy atom. The summed E-state index contributed by atoms with van der Waals surface area (Å²) < 4.78 is 27.4. The molecule has 0 fully saturated rings. The van der Waals surface area contributed by atoms with Crippen molar-refractivity contribution in [3.05, 3.63) is 29.8 Å². The van der Waals surface area contributed by atoms with Crippen LogP contribution in [0, 0.1) is 0 Å². The van der Waals surface area contributed by atoms with Crippen molar-refractivity contribution in [3.63, 3.8) is 0 Å². The topological polar surface area (TPSA) is 72.5 Å². The van der Waals surface area contributed by atoms with Gasteiger partial charge in [-0.15, -0.1) is 0 Å². The zero-order valence-corrected chi connectivity index (χ0v) is 12.9. The van der Waals surface area contributed by atoms with Crippen LogP contribution in [0.4, 0.5) is 0 Å². The molecule has 0 aliphatic heterocycles. The van der Waals surface area contributed by atoms with Gasteiger partial charge >= 0.3 is 0 Å². The summed E-state index contributed by atoms with van der Waals surface area (Å²) in [4.78, 5) is 11.7. The van der Waals surface area contributed by atoms with Crippen molar-refractivity contribution in [3.8, 4) is 5.75 Å². The molecule has 0 spiro atoms. The van der Waals surface area contributed by atoms with Crippen molar-refractivity contribution < 1.29 is 17.9 Å². The first kappa shape index (κ1) is 16.5. The number of sulfone groups is 1. The number of carbonyl (C=O) groups excluding carboxylic acids is 1. The third kappa shape index (κ3) is 6.06. The number of ether oxygens (including phenoxy) is 1. The van der Waals surface area contributed by atoms with E-state index in [9.17, 15) is 13.2 Å². The molecule has 5 nitrogen and oxygen atoms in total. The van der Waals surface area contributed by atoms with Gasteiger partial charge in [0.25, 0.3) is 0 Å². The van der Waals surface area contributed by atoms with Gasteiger partial charge in [-0.25, -0.2) is 8.42 Å². The highest BCUT2D eigenvalue weighted by atomic mass is 32.2. The van der Waals surface area contributed by atoms with Crippen LogP contribution in [-0.4, -0.2) is 32.9 Å². The molecule has 0 bridgehead atoms. The van der Waals surface area contributed by atoms with Crippen molar-refractivity contribution in [2.45, 2.75) is 26.3 Å². The van der Waals surface area contributed by atoms with Gasteiger partial charge in [0.2, 0.25) is 5.91 Å². The van der Waals surface area contributed by atoms with Gasteiger partial charge in [-0.2, -0.15) is 0 Å². The van der Waals surface area contributed by atoms with Crippen molar-refractivity contribution >= 4 is 15.7 Å². The molecular formula is C14H21NO4S. The van der Waals surface area contributed by atoms with Crippen LogP contribution in [0.3, 0.4) is 0 Å². The van der Waals surface area contributed by atoms with Crippen molar-refractivity contribution in [1.29, 1.82) is 0 Å². The summed E-state index contributed by atoms with van der Waals surface area (Å²) in [6.45, 7) is 4.34. The van der Waals surface area contributed by atoms with Crippen LogP contribution in [0.25, 0.3) is 0 Å². The minimum absolute atomic E-state index is 0.0195. The predicted molar refractivity (Wildman–Crippen MR) is 78.5 cm³/mol. The van der Waals surface area contributed by atoms with E-state index in [1.54, 1.807) is 0 Å². The number of amides is 1. The van der Waals surface area contributed by atoms with Gasteiger partial charge in [0.1, 0.15) is 15.6 Å². The van der Waals surface area contributed by atoms with E-state index in [2.05, 4.69) is 5.32 Å². The second-order valence-corrected chi connectivity index (χ2v) is 6.93.